The molecular weight excluding hydrogens is 164 g/mol. The van der Waals surface area contributed by atoms with Crippen molar-refractivity contribution in [3.05, 3.63) is 0 Å². The van der Waals surface area contributed by atoms with E-state index in [0.717, 1.165) is 19.4 Å². The van der Waals surface area contributed by atoms with Gasteiger partial charge in [0.25, 0.3) is 0 Å². The van der Waals surface area contributed by atoms with Crippen molar-refractivity contribution in [2.24, 2.45) is 11.7 Å². The van der Waals surface area contributed by atoms with Crippen LogP contribution in [0.4, 0.5) is 0 Å². The Morgan fingerprint density at radius 1 is 1.31 bits per heavy atom. The van der Waals surface area contributed by atoms with E-state index in [2.05, 4.69) is 13.8 Å². The molecule has 0 aromatic rings. The zero-order valence-electron chi connectivity index (χ0n) is 9.05. The van der Waals surface area contributed by atoms with Gasteiger partial charge in [0.2, 0.25) is 5.91 Å². The first-order valence-corrected chi connectivity index (χ1v) is 5.19. The van der Waals surface area contributed by atoms with Crippen molar-refractivity contribution >= 4 is 5.91 Å². The minimum atomic E-state index is 0.187. The Labute approximate surface area is 81.3 Å². The highest BCUT2D eigenvalue weighted by molar-refractivity contribution is 5.78. The van der Waals surface area contributed by atoms with Crippen molar-refractivity contribution < 1.29 is 4.79 Å². The summed E-state index contributed by atoms with van der Waals surface area (Å²) < 4.78 is 0. The fraction of sp³-hybridized carbons (Fsp3) is 0.900. The van der Waals surface area contributed by atoms with E-state index in [1.54, 1.807) is 0 Å². The predicted octanol–water partition coefficient (Wildman–Crippen LogP) is 1.23. The molecule has 78 valence electrons. The number of nitrogens with zero attached hydrogens (tertiary/aromatic N) is 1. The maximum absolute atomic E-state index is 11.8. The van der Waals surface area contributed by atoms with Crippen molar-refractivity contribution in [2.45, 2.75) is 33.6 Å². The lowest BCUT2D eigenvalue weighted by Gasteiger charge is -2.24. The first-order valence-electron chi connectivity index (χ1n) is 5.19. The van der Waals surface area contributed by atoms with Crippen LogP contribution in [0.1, 0.15) is 33.6 Å². The maximum Gasteiger partial charge on any atom is 0.225 e. The van der Waals surface area contributed by atoms with Crippen LogP contribution in [-0.2, 0) is 4.79 Å². The molecule has 0 bridgehead atoms. The van der Waals surface area contributed by atoms with Crippen LogP contribution in [0.3, 0.4) is 0 Å². The van der Waals surface area contributed by atoms with E-state index >= 15 is 0 Å². The molecule has 0 saturated carbocycles. The van der Waals surface area contributed by atoms with Gasteiger partial charge in [-0.25, -0.2) is 0 Å². The van der Waals surface area contributed by atoms with Gasteiger partial charge in [0.05, 0.1) is 0 Å². The molecule has 0 aliphatic rings. The number of rotatable bonds is 6. The van der Waals surface area contributed by atoms with E-state index in [-0.39, 0.29) is 11.8 Å². The van der Waals surface area contributed by atoms with Crippen molar-refractivity contribution in [1.29, 1.82) is 0 Å². The van der Waals surface area contributed by atoms with Gasteiger partial charge < -0.3 is 10.6 Å². The molecule has 0 spiro atoms. The molecule has 3 nitrogen and oxygen atoms in total. The van der Waals surface area contributed by atoms with E-state index in [0.29, 0.717) is 13.1 Å². The summed E-state index contributed by atoms with van der Waals surface area (Å²) in [6, 6.07) is 0. The average Bonchev–Trinajstić information content (AvgIpc) is 2.15. The number of carbonyl (C=O) groups is 1. The van der Waals surface area contributed by atoms with Gasteiger partial charge in [-0.1, -0.05) is 13.8 Å². The first kappa shape index (κ1) is 12.4. The van der Waals surface area contributed by atoms with E-state index in [1.807, 2.05) is 11.8 Å². The van der Waals surface area contributed by atoms with Crippen LogP contribution in [0.15, 0.2) is 0 Å². The zero-order chi connectivity index (χ0) is 10.3. The Hall–Kier alpha value is -0.570. The van der Waals surface area contributed by atoms with Gasteiger partial charge in [-0.3, -0.25) is 4.79 Å². The molecule has 0 unspecified atom stereocenters. The number of nitrogens with two attached hydrogens (primary N) is 1. The summed E-state index contributed by atoms with van der Waals surface area (Å²) in [6.45, 7) is 8.12. The number of likely N-dealkylation sites (N-methyl/N-ethyl adjacent to an activating group) is 1. The Morgan fingerprint density at radius 3 is 2.15 bits per heavy atom. The minimum Gasteiger partial charge on any atom is -0.341 e. The summed E-state index contributed by atoms with van der Waals surface area (Å²) in [7, 11) is 0. The Bertz CT molecular complexity index is 144. The highest BCUT2D eigenvalue weighted by atomic mass is 16.2. The average molecular weight is 186 g/mol. The fourth-order valence-electron chi connectivity index (χ4n) is 1.48. The summed E-state index contributed by atoms with van der Waals surface area (Å²) in [5, 5.41) is 0. The van der Waals surface area contributed by atoms with Crippen LogP contribution in [0.2, 0.25) is 0 Å². The standard InChI is InChI=1S/C10H22N2O/c1-4-9(5-2)10(13)12(6-3)8-7-11/h9H,4-8,11H2,1-3H3. The van der Waals surface area contributed by atoms with Gasteiger partial charge in [-0.15, -0.1) is 0 Å². The Kier molecular flexibility index (Phi) is 6.59. The second-order valence-electron chi connectivity index (χ2n) is 3.22. The smallest absolute Gasteiger partial charge is 0.225 e. The van der Waals surface area contributed by atoms with Crippen molar-refractivity contribution in [2.75, 3.05) is 19.6 Å². The monoisotopic (exact) mass is 186 g/mol. The van der Waals surface area contributed by atoms with Crippen LogP contribution in [-0.4, -0.2) is 30.4 Å². The number of hydrogen-bond acceptors (Lipinski definition) is 2. The normalized spacial score (nSPS) is 10.5. The quantitative estimate of drug-likeness (QED) is 0.678. The molecule has 0 atom stereocenters. The summed E-state index contributed by atoms with van der Waals surface area (Å²) in [4.78, 5) is 13.6. The van der Waals surface area contributed by atoms with E-state index < -0.39 is 0 Å². The molecule has 0 aliphatic carbocycles. The van der Waals surface area contributed by atoms with E-state index in [9.17, 15) is 4.79 Å². The second-order valence-corrected chi connectivity index (χ2v) is 3.22. The molecule has 0 radical (unpaired) electrons. The predicted molar refractivity (Wildman–Crippen MR) is 55.4 cm³/mol. The molecule has 0 heterocycles. The lowest BCUT2D eigenvalue weighted by molar-refractivity contribution is -0.135. The zero-order valence-corrected chi connectivity index (χ0v) is 9.05. The number of amides is 1. The molecule has 0 aliphatic heterocycles. The van der Waals surface area contributed by atoms with Crippen LogP contribution < -0.4 is 5.73 Å². The molecule has 13 heavy (non-hydrogen) atoms. The fourth-order valence-corrected chi connectivity index (χ4v) is 1.48. The molecule has 0 aromatic carbocycles. The van der Waals surface area contributed by atoms with E-state index in [4.69, 9.17) is 5.73 Å². The molecule has 2 N–H and O–H groups in total. The number of hydrogen-bond donors (Lipinski definition) is 1. The minimum absolute atomic E-state index is 0.187. The second kappa shape index (κ2) is 6.89. The molecular formula is C10H22N2O. The first-order chi connectivity index (χ1) is 6.21. The van der Waals surface area contributed by atoms with Gasteiger partial charge in [-0.05, 0) is 19.8 Å². The molecule has 0 saturated heterocycles. The molecule has 0 aromatic heterocycles. The Morgan fingerprint density at radius 2 is 1.85 bits per heavy atom. The van der Waals surface area contributed by atoms with Crippen LogP contribution in [0.5, 0.6) is 0 Å². The van der Waals surface area contributed by atoms with Gasteiger partial charge in [0.15, 0.2) is 0 Å². The van der Waals surface area contributed by atoms with Crippen LogP contribution in [0, 0.1) is 5.92 Å². The van der Waals surface area contributed by atoms with Gasteiger partial charge in [0.1, 0.15) is 0 Å². The third-order valence-electron chi connectivity index (χ3n) is 2.43. The van der Waals surface area contributed by atoms with Gasteiger partial charge >= 0.3 is 0 Å². The van der Waals surface area contributed by atoms with Gasteiger partial charge in [-0.2, -0.15) is 0 Å². The lowest BCUT2D eigenvalue weighted by Crippen LogP contribution is -2.38. The van der Waals surface area contributed by atoms with Gasteiger partial charge in [0, 0.05) is 25.6 Å². The molecule has 1 amide bonds. The summed E-state index contributed by atoms with van der Waals surface area (Å²) in [5.74, 6) is 0.449. The molecule has 0 rings (SSSR count). The highest BCUT2D eigenvalue weighted by Gasteiger charge is 2.19. The van der Waals surface area contributed by atoms with Crippen molar-refractivity contribution in [3.63, 3.8) is 0 Å². The molecule has 0 fully saturated rings. The molecule has 3 heteroatoms. The van der Waals surface area contributed by atoms with E-state index in [1.165, 1.54) is 0 Å². The third-order valence-corrected chi connectivity index (χ3v) is 2.43. The Balaban J connectivity index is 4.16. The van der Waals surface area contributed by atoms with Crippen LogP contribution in [0.25, 0.3) is 0 Å². The third kappa shape index (κ3) is 3.77. The largest absolute Gasteiger partial charge is 0.341 e. The summed E-state index contributed by atoms with van der Waals surface area (Å²) in [6.07, 6.45) is 1.85. The summed E-state index contributed by atoms with van der Waals surface area (Å²) in [5.41, 5.74) is 5.43. The van der Waals surface area contributed by atoms with Crippen molar-refractivity contribution in [3.8, 4) is 0 Å². The number of carbonyl (C=O) groups excluding carboxylic acids is 1. The van der Waals surface area contributed by atoms with Crippen LogP contribution >= 0.6 is 0 Å². The maximum atomic E-state index is 11.8. The highest BCUT2D eigenvalue weighted by Crippen LogP contribution is 2.11. The lowest BCUT2D eigenvalue weighted by atomic mass is 10.0. The van der Waals surface area contributed by atoms with Crippen molar-refractivity contribution in [1.82, 2.24) is 4.90 Å². The summed E-state index contributed by atoms with van der Waals surface area (Å²) >= 11 is 0. The topological polar surface area (TPSA) is 46.3 Å². The SMILES string of the molecule is CCC(CC)C(=O)N(CC)CCN.